The predicted octanol–water partition coefficient (Wildman–Crippen LogP) is 2.73. The number of phenolic OH excluding ortho intramolecular Hbond substituents is 1. The summed E-state index contributed by atoms with van der Waals surface area (Å²) < 4.78 is 10.7. The van der Waals surface area contributed by atoms with Gasteiger partial charge >= 0.3 is 0 Å². The molecule has 1 saturated heterocycles. The molecule has 0 bridgehead atoms. The maximum atomic E-state index is 13.6. The fourth-order valence-electron chi connectivity index (χ4n) is 5.02. The van der Waals surface area contributed by atoms with E-state index < -0.39 is 11.6 Å². The largest absolute Gasteiger partial charge is 0.508 e. The lowest BCUT2D eigenvalue weighted by atomic mass is 9.90. The van der Waals surface area contributed by atoms with Crippen LogP contribution in [0.3, 0.4) is 0 Å². The van der Waals surface area contributed by atoms with Crippen LogP contribution < -0.4 is 25.8 Å². The number of amides is 3. The fourth-order valence-corrected chi connectivity index (χ4v) is 5.02. The molecule has 1 fully saturated rings. The highest BCUT2D eigenvalue weighted by Crippen LogP contribution is 2.29. The van der Waals surface area contributed by atoms with Gasteiger partial charge in [-0.05, 0) is 81.0 Å². The fraction of sp³-hybridized carbons (Fsp3) is 0.500. The van der Waals surface area contributed by atoms with Gasteiger partial charge in [-0.2, -0.15) is 0 Å². The third kappa shape index (κ3) is 9.26. The lowest BCUT2D eigenvalue weighted by Gasteiger charge is -2.33. The molecule has 2 atom stereocenters. The van der Waals surface area contributed by atoms with Gasteiger partial charge in [0.25, 0.3) is 0 Å². The molecular formula is C30H43ClN4O6. The molecule has 3 amide bonds. The number of methoxy groups -OCH3 is 2. The van der Waals surface area contributed by atoms with Gasteiger partial charge < -0.3 is 35.8 Å². The summed E-state index contributed by atoms with van der Waals surface area (Å²) in [5.41, 5.74) is 6.13. The van der Waals surface area contributed by atoms with E-state index in [-0.39, 0.29) is 42.3 Å². The molecule has 11 heteroatoms. The van der Waals surface area contributed by atoms with Crippen molar-refractivity contribution in [3.63, 3.8) is 0 Å². The minimum Gasteiger partial charge on any atom is -0.508 e. The first kappa shape index (κ1) is 33.7. The zero-order valence-electron chi connectivity index (χ0n) is 24.1. The number of halogens is 1. The average Bonchev–Trinajstić information content (AvgIpc) is 3.44. The van der Waals surface area contributed by atoms with Crippen molar-refractivity contribution in [1.82, 2.24) is 15.5 Å². The number of ether oxygens (including phenoxy) is 2. The molecule has 0 aromatic heterocycles. The van der Waals surface area contributed by atoms with Crippen molar-refractivity contribution in [2.45, 2.75) is 63.5 Å². The van der Waals surface area contributed by atoms with Crippen LogP contribution in [-0.4, -0.2) is 73.2 Å². The Morgan fingerprint density at radius 2 is 1.73 bits per heavy atom. The number of carbonyl (C=O) groups is 3. The highest BCUT2D eigenvalue weighted by Gasteiger charge is 2.40. The molecule has 0 aliphatic carbocycles. The lowest BCUT2D eigenvalue weighted by molar-refractivity contribution is -0.141. The average molecular weight is 591 g/mol. The number of nitrogens with one attached hydrogen (secondary N) is 2. The van der Waals surface area contributed by atoms with Gasteiger partial charge in [0.15, 0.2) is 11.5 Å². The Labute approximate surface area is 248 Å². The smallest absolute Gasteiger partial charge is 0.245 e. The van der Waals surface area contributed by atoms with E-state index in [4.69, 9.17) is 15.2 Å². The van der Waals surface area contributed by atoms with E-state index in [1.54, 1.807) is 50.3 Å². The normalized spacial score (nSPS) is 15.8. The number of hydrogen-bond donors (Lipinski definition) is 4. The minimum absolute atomic E-state index is 0. The van der Waals surface area contributed by atoms with Crippen molar-refractivity contribution in [2.75, 3.05) is 33.9 Å². The van der Waals surface area contributed by atoms with Gasteiger partial charge in [-0.25, -0.2) is 0 Å². The number of hydrogen-bond acceptors (Lipinski definition) is 7. The second kappa shape index (κ2) is 16.1. The first-order valence-electron chi connectivity index (χ1n) is 13.8. The number of aromatic hydroxyl groups is 1. The van der Waals surface area contributed by atoms with Crippen molar-refractivity contribution < 1.29 is 29.0 Å². The highest BCUT2D eigenvalue weighted by molar-refractivity contribution is 5.94. The van der Waals surface area contributed by atoms with Crippen LogP contribution in [0.1, 0.15) is 50.2 Å². The number of aryl methyl sites for hydroxylation is 1. The van der Waals surface area contributed by atoms with Gasteiger partial charge in [0.2, 0.25) is 17.7 Å². The van der Waals surface area contributed by atoms with E-state index in [1.807, 2.05) is 18.2 Å². The predicted molar refractivity (Wildman–Crippen MR) is 160 cm³/mol. The third-order valence-electron chi connectivity index (χ3n) is 7.24. The maximum Gasteiger partial charge on any atom is 0.245 e. The lowest BCUT2D eigenvalue weighted by Crippen LogP contribution is -2.61. The summed E-state index contributed by atoms with van der Waals surface area (Å²) in [5, 5.41) is 15.3. The Morgan fingerprint density at radius 3 is 2.39 bits per heavy atom. The van der Waals surface area contributed by atoms with Gasteiger partial charge in [0.1, 0.15) is 17.3 Å². The zero-order chi connectivity index (χ0) is 29.1. The van der Waals surface area contributed by atoms with Crippen molar-refractivity contribution in [3.8, 4) is 17.2 Å². The van der Waals surface area contributed by atoms with Crippen LogP contribution in [0.5, 0.6) is 17.2 Å². The third-order valence-corrected chi connectivity index (χ3v) is 7.24. The van der Waals surface area contributed by atoms with E-state index in [1.165, 1.54) is 0 Å². The van der Waals surface area contributed by atoms with Crippen molar-refractivity contribution in [3.05, 3.63) is 53.6 Å². The van der Waals surface area contributed by atoms with Crippen LogP contribution in [0.2, 0.25) is 0 Å². The van der Waals surface area contributed by atoms with Gasteiger partial charge in [0, 0.05) is 25.9 Å². The van der Waals surface area contributed by atoms with Crippen LogP contribution >= 0.6 is 12.4 Å². The Balaban J connectivity index is 0.00000588. The van der Waals surface area contributed by atoms with Crippen molar-refractivity contribution in [1.29, 1.82) is 0 Å². The first-order chi connectivity index (χ1) is 19.2. The summed E-state index contributed by atoms with van der Waals surface area (Å²) in [4.78, 5) is 41.7. The second-order valence-electron chi connectivity index (χ2n) is 10.4. The molecular weight excluding hydrogens is 548 g/mol. The summed E-state index contributed by atoms with van der Waals surface area (Å²) >= 11 is 0. The molecule has 2 aromatic carbocycles. The number of likely N-dealkylation sites (tertiary alicyclic amines) is 1. The topological polar surface area (TPSA) is 143 Å². The minimum atomic E-state index is -1.28. The molecule has 226 valence electrons. The molecule has 3 rings (SSSR count). The van der Waals surface area contributed by atoms with Crippen LogP contribution in [-0.2, 0) is 27.2 Å². The maximum absolute atomic E-state index is 13.6. The van der Waals surface area contributed by atoms with Crippen molar-refractivity contribution in [2.24, 2.45) is 5.73 Å². The number of benzene rings is 2. The van der Waals surface area contributed by atoms with Gasteiger partial charge in [0.05, 0.1) is 14.2 Å². The Hall–Kier alpha value is -3.50. The van der Waals surface area contributed by atoms with E-state index in [0.29, 0.717) is 63.2 Å². The molecule has 0 saturated carbocycles. The molecule has 10 nitrogen and oxygen atoms in total. The van der Waals surface area contributed by atoms with E-state index in [0.717, 1.165) is 17.5 Å². The summed E-state index contributed by atoms with van der Waals surface area (Å²) in [6, 6.07) is 11.7. The van der Waals surface area contributed by atoms with Crippen LogP contribution in [0.15, 0.2) is 42.5 Å². The SMILES string of the molecule is COc1ccc(C[C@](C)(NC(=O)[C@@H]2CCCN2C(=O)CCCc2ccc(O)cc2)C(=O)NCCCN)cc1OC.Cl. The molecule has 1 aliphatic heterocycles. The summed E-state index contributed by atoms with van der Waals surface area (Å²) in [6.07, 6.45) is 3.72. The van der Waals surface area contributed by atoms with E-state index in [9.17, 15) is 19.5 Å². The number of rotatable bonds is 14. The Bertz CT molecular complexity index is 1160. The molecule has 41 heavy (non-hydrogen) atoms. The number of nitrogens with zero attached hydrogens (tertiary/aromatic N) is 1. The molecule has 0 radical (unpaired) electrons. The summed E-state index contributed by atoms with van der Waals surface area (Å²) in [5.74, 6) is 0.546. The van der Waals surface area contributed by atoms with Gasteiger partial charge in [-0.1, -0.05) is 18.2 Å². The molecule has 0 unspecified atom stereocenters. The van der Waals surface area contributed by atoms with Crippen LogP contribution in [0, 0.1) is 0 Å². The number of phenols is 1. The Morgan fingerprint density at radius 1 is 1.05 bits per heavy atom. The van der Waals surface area contributed by atoms with Gasteiger partial charge in [-0.15, -0.1) is 12.4 Å². The molecule has 2 aromatic rings. The number of nitrogens with two attached hydrogens (primary N) is 1. The van der Waals surface area contributed by atoms with Crippen LogP contribution in [0.4, 0.5) is 0 Å². The van der Waals surface area contributed by atoms with E-state index >= 15 is 0 Å². The monoisotopic (exact) mass is 590 g/mol. The summed E-state index contributed by atoms with van der Waals surface area (Å²) in [6.45, 7) is 3.02. The van der Waals surface area contributed by atoms with Gasteiger partial charge in [-0.3, -0.25) is 14.4 Å². The molecule has 1 aliphatic rings. The molecule has 1 heterocycles. The molecule has 5 N–H and O–H groups in total. The number of carbonyl (C=O) groups excluding carboxylic acids is 3. The first-order valence-corrected chi connectivity index (χ1v) is 13.8. The summed E-state index contributed by atoms with van der Waals surface area (Å²) in [7, 11) is 3.09. The second-order valence-corrected chi connectivity index (χ2v) is 10.4. The standard InChI is InChI=1S/C30H42N4O6.ClH/c1-30(29(38)32-17-6-16-31,20-22-12-15-25(39-2)26(19-22)40-3)33-28(37)24-8-5-18-34(24)27(36)9-4-7-21-10-13-23(35)14-11-21;/h10-15,19,24,35H,4-9,16-18,20,31H2,1-3H3,(H,32,38)(H,33,37);1H/t24-,30-;/m0./s1. The van der Waals surface area contributed by atoms with Crippen molar-refractivity contribution >= 4 is 30.1 Å². The van der Waals surface area contributed by atoms with E-state index in [2.05, 4.69) is 10.6 Å². The molecule has 0 spiro atoms. The Kier molecular flexibility index (Phi) is 13.2. The quantitative estimate of drug-likeness (QED) is 0.248. The highest BCUT2D eigenvalue weighted by atomic mass is 35.5. The van der Waals surface area contributed by atoms with Crippen LogP contribution in [0.25, 0.3) is 0 Å². The zero-order valence-corrected chi connectivity index (χ0v) is 24.9.